The molecule has 0 saturated carbocycles. The number of nitro groups is 1. The molecule has 1 aromatic carbocycles. The van der Waals surface area contributed by atoms with Crippen molar-refractivity contribution in [3.8, 4) is 0 Å². The normalized spacial score (nSPS) is 12.4. The van der Waals surface area contributed by atoms with Crippen molar-refractivity contribution in [2.45, 2.75) is 11.8 Å². The van der Waals surface area contributed by atoms with Crippen LogP contribution < -0.4 is 0 Å². The first-order valence-corrected chi connectivity index (χ1v) is 6.50. The molecule has 0 aromatic heterocycles. The third-order valence-corrected chi connectivity index (χ3v) is 4.28. The molecule has 0 fully saturated rings. The molecule has 0 radical (unpaired) electrons. The van der Waals surface area contributed by atoms with Gasteiger partial charge in [-0.2, -0.15) is 0 Å². The summed E-state index contributed by atoms with van der Waals surface area (Å²) in [6, 6.07) is 4.69. The zero-order valence-electron chi connectivity index (χ0n) is 8.72. The average Bonchev–Trinajstić information content (AvgIpc) is 2.26. The van der Waals surface area contributed by atoms with Crippen LogP contribution in [0.1, 0.15) is 6.92 Å². The minimum atomic E-state index is -0.421. The maximum atomic E-state index is 10.5. The summed E-state index contributed by atoms with van der Waals surface area (Å²) < 4.78 is 0.719. The second-order valence-electron chi connectivity index (χ2n) is 3.47. The molecule has 0 aliphatic heterocycles. The summed E-state index contributed by atoms with van der Waals surface area (Å²) in [4.78, 5) is 11.1. The largest absolute Gasteiger partial charge is 0.396 e. The maximum Gasteiger partial charge on any atom is 0.270 e. The van der Waals surface area contributed by atoms with E-state index in [1.54, 1.807) is 17.8 Å². The van der Waals surface area contributed by atoms with E-state index in [1.807, 2.05) is 6.92 Å². The fourth-order valence-corrected chi connectivity index (χ4v) is 2.65. The lowest BCUT2D eigenvalue weighted by molar-refractivity contribution is -0.385. The van der Waals surface area contributed by atoms with Crippen molar-refractivity contribution < 1.29 is 10.0 Å². The number of nitrogens with zero attached hydrogens (tertiary/aromatic N) is 1. The van der Waals surface area contributed by atoms with Crippen LogP contribution in [0.3, 0.4) is 0 Å². The quantitative estimate of drug-likeness (QED) is 0.516. The zero-order valence-corrected chi connectivity index (χ0v) is 11.1. The number of aliphatic hydroxyl groups is 1. The number of nitro benzene ring substituents is 1. The summed E-state index contributed by atoms with van der Waals surface area (Å²) in [6.45, 7) is 2.10. The predicted octanol–water partition coefficient (Wildman–Crippen LogP) is 3.08. The summed E-state index contributed by atoms with van der Waals surface area (Å²) in [5.41, 5.74) is 0.0754. The molecule has 1 aromatic rings. The molecular formula is C10H12BrNO3S. The Morgan fingerprint density at radius 1 is 1.62 bits per heavy atom. The molecule has 0 aliphatic carbocycles. The third kappa shape index (κ3) is 3.77. The van der Waals surface area contributed by atoms with E-state index in [9.17, 15) is 10.1 Å². The van der Waals surface area contributed by atoms with Crippen LogP contribution in [0.2, 0.25) is 0 Å². The molecule has 0 aliphatic rings. The van der Waals surface area contributed by atoms with Crippen LogP contribution in [0, 0.1) is 16.0 Å². The van der Waals surface area contributed by atoms with Gasteiger partial charge in [0.1, 0.15) is 0 Å². The summed E-state index contributed by atoms with van der Waals surface area (Å²) in [6.07, 6.45) is 0. The topological polar surface area (TPSA) is 63.4 Å². The lowest BCUT2D eigenvalue weighted by Gasteiger charge is -2.08. The maximum absolute atomic E-state index is 10.5. The van der Waals surface area contributed by atoms with Gasteiger partial charge in [0.25, 0.3) is 5.69 Å². The molecule has 0 spiro atoms. The summed E-state index contributed by atoms with van der Waals surface area (Å²) >= 11 is 4.87. The molecule has 88 valence electrons. The van der Waals surface area contributed by atoms with E-state index in [0.717, 1.165) is 15.1 Å². The number of halogens is 1. The Balaban J connectivity index is 2.72. The standard InChI is InChI=1S/C10H12BrNO3S/c1-7(5-13)6-16-10-3-2-8(12(14)15)4-9(10)11/h2-4,7,13H,5-6H2,1H3. The van der Waals surface area contributed by atoms with Crippen LogP contribution >= 0.6 is 27.7 Å². The average molecular weight is 306 g/mol. The Bertz CT molecular complexity index is 386. The van der Waals surface area contributed by atoms with E-state index in [-0.39, 0.29) is 18.2 Å². The van der Waals surface area contributed by atoms with Crippen LogP contribution in [0.25, 0.3) is 0 Å². The molecule has 4 nitrogen and oxygen atoms in total. The number of rotatable bonds is 5. The monoisotopic (exact) mass is 305 g/mol. The fraction of sp³-hybridized carbons (Fsp3) is 0.400. The molecule has 0 saturated heterocycles. The van der Waals surface area contributed by atoms with E-state index >= 15 is 0 Å². The number of thioether (sulfide) groups is 1. The van der Waals surface area contributed by atoms with E-state index in [1.165, 1.54) is 12.1 Å². The third-order valence-electron chi connectivity index (χ3n) is 1.96. The summed E-state index contributed by atoms with van der Waals surface area (Å²) in [7, 11) is 0. The van der Waals surface area contributed by atoms with Gasteiger partial charge in [-0.25, -0.2) is 0 Å². The Kier molecular flexibility index (Phi) is 5.24. The lowest BCUT2D eigenvalue weighted by atomic mass is 10.2. The van der Waals surface area contributed by atoms with Gasteiger partial charge in [0.2, 0.25) is 0 Å². The predicted molar refractivity (Wildman–Crippen MR) is 67.8 cm³/mol. The number of aliphatic hydroxyl groups excluding tert-OH is 1. The van der Waals surface area contributed by atoms with E-state index in [0.29, 0.717) is 0 Å². The molecule has 1 unspecified atom stereocenters. The van der Waals surface area contributed by atoms with Crippen LogP contribution in [-0.2, 0) is 0 Å². The van der Waals surface area contributed by atoms with Crippen molar-refractivity contribution in [1.29, 1.82) is 0 Å². The molecule has 1 atom stereocenters. The smallest absolute Gasteiger partial charge is 0.270 e. The minimum Gasteiger partial charge on any atom is -0.396 e. The highest BCUT2D eigenvalue weighted by molar-refractivity contribution is 9.10. The van der Waals surface area contributed by atoms with Gasteiger partial charge in [-0.3, -0.25) is 10.1 Å². The van der Waals surface area contributed by atoms with Gasteiger partial charge in [-0.1, -0.05) is 6.92 Å². The number of non-ortho nitro benzene ring substituents is 1. The first-order chi connectivity index (χ1) is 7.54. The Morgan fingerprint density at radius 2 is 2.31 bits per heavy atom. The second kappa shape index (κ2) is 6.22. The summed E-state index contributed by atoms with van der Waals surface area (Å²) in [5, 5.41) is 19.4. The molecule has 0 bridgehead atoms. The SMILES string of the molecule is CC(CO)CSc1ccc([N+](=O)[O-])cc1Br. The van der Waals surface area contributed by atoms with E-state index in [2.05, 4.69) is 15.9 Å². The van der Waals surface area contributed by atoms with Gasteiger partial charge in [-0.05, 0) is 27.9 Å². The fourth-order valence-electron chi connectivity index (χ4n) is 1.01. The molecule has 1 N–H and O–H groups in total. The van der Waals surface area contributed by atoms with E-state index in [4.69, 9.17) is 5.11 Å². The van der Waals surface area contributed by atoms with Crippen molar-refractivity contribution in [3.63, 3.8) is 0 Å². The van der Waals surface area contributed by atoms with Crippen molar-refractivity contribution in [2.75, 3.05) is 12.4 Å². The van der Waals surface area contributed by atoms with Gasteiger partial charge < -0.3 is 5.11 Å². The molecule has 0 heterocycles. The number of hydrogen-bond acceptors (Lipinski definition) is 4. The van der Waals surface area contributed by atoms with E-state index < -0.39 is 4.92 Å². The van der Waals surface area contributed by atoms with Gasteiger partial charge in [-0.15, -0.1) is 11.8 Å². The number of hydrogen-bond donors (Lipinski definition) is 1. The van der Waals surface area contributed by atoms with Crippen molar-refractivity contribution in [3.05, 3.63) is 32.8 Å². The zero-order chi connectivity index (χ0) is 12.1. The van der Waals surface area contributed by atoms with Gasteiger partial charge in [0, 0.05) is 33.9 Å². The van der Waals surface area contributed by atoms with Crippen molar-refractivity contribution in [1.82, 2.24) is 0 Å². The Hall–Kier alpha value is -0.590. The molecule has 0 amide bonds. The molecule has 6 heteroatoms. The highest BCUT2D eigenvalue weighted by atomic mass is 79.9. The van der Waals surface area contributed by atoms with Crippen LogP contribution in [-0.4, -0.2) is 22.4 Å². The Labute approximate surface area is 106 Å². The second-order valence-corrected chi connectivity index (χ2v) is 5.39. The highest BCUT2D eigenvalue weighted by Gasteiger charge is 2.10. The van der Waals surface area contributed by atoms with Crippen LogP contribution in [0.4, 0.5) is 5.69 Å². The van der Waals surface area contributed by atoms with Gasteiger partial charge >= 0.3 is 0 Å². The molecule has 16 heavy (non-hydrogen) atoms. The van der Waals surface area contributed by atoms with Crippen molar-refractivity contribution >= 4 is 33.4 Å². The number of benzene rings is 1. The van der Waals surface area contributed by atoms with Crippen LogP contribution in [0.5, 0.6) is 0 Å². The first-order valence-electron chi connectivity index (χ1n) is 4.72. The lowest BCUT2D eigenvalue weighted by Crippen LogP contribution is -2.03. The van der Waals surface area contributed by atoms with Crippen molar-refractivity contribution in [2.24, 2.45) is 5.92 Å². The highest BCUT2D eigenvalue weighted by Crippen LogP contribution is 2.31. The molecular weight excluding hydrogens is 294 g/mol. The molecule has 1 rings (SSSR count). The minimum absolute atomic E-state index is 0.0754. The Morgan fingerprint density at radius 3 is 2.81 bits per heavy atom. The van der Waals surface area contributed by atoms with Gasteiger partial charge in [0.05, 0.1) is 4.92 Å². The van der Waals surface area contributed by atoms with Gasteiger partial charge in [0.15, 0.2) is 0 Å². The van der Waals surface area contributed by atoms with Crippen LogP contribution in [0.15, 0.2) is 27.6 Å². The summed E-state index contributed by atoms with van der Waals surface area (Å²) in [5.74, 6) is 1.000. The first kappa shape index (κ1) is 13.5.